The maximum Gasteiger partial charge on any atom is 0.201 e. The average Bonchev–Trinajstić information content (AvgIpc) is 2.65. The standard InChI is InChI=1S/C13H16ClN3O/c14-8-5-6-10-9(7-8)16-13(15)17(10)11-3-1-2-4-12(11)18/h5-7,11-12,18H,1-4H2,(H2,15,16). The third-order valence-electron chi connectivity index (χ3n) is 3.70. The zero-order chi connectivity index (χ0) is 12.7. The number of imidazole rings is 1. The molecule has 0 saturated heterocycles. The van der Waals surface area contributed by atoms with Crippen LogP contribution in [0.25, 0.3) is 11.0 Å². The van der Waals surface area contributed by atoms with Gasteiger partial charge in [-0.3, -0.25) is 0 Å². The number of aromatic nitrogens is 2. The van der Waals surface area contributed by atoms with Crippen LogP contribution >= 0.6 is 11.6 Å². The Bertz CT molecular complexity index is 581. The molecule has 1 fully saturated rings. The molecule has 1 aliphatic rings. The van der Waals surface area contributed by atoms with Gasteiger partial charge in [-0.2, -0.15) is 0 Å². The minimum atomic E-state index is -0.339. The van der Waals surface area contributed by atoms with Crippen LogP contribution in [-0.4, -0.2) is 20.8 Å². The average molecular weight is 266 g/mol. The number of halogens is 1. The molecule has 2 unspecified atom stereocenters. The largest absolute Gasteiger partial charge is 0.391 e. The Balaban J connectivity index is 2.12. The quantitative estimate of drug-likeness (QED) is 0.833. The third kappa shape index (κ3) is 1.85. The molecule has 0 spiro atoms. The van der Waals surface area contributed by atoms with Gasteiger partial charge >= 0.3 is 0 Å². The minimum Gasteiger partial charge on any atom is -0.391 e. The number of hydrogen-bond donors (Lipinski definition) is 2. The summed E-state index contributed by atoms with van der Waals surface area (Å²) in [6, 6.07) is 5.59. The van der Waals surface area contributed by atoms with Gasteiger partial charge in [-0.25, -0.2) is 4.98 Å². The third-order valence-corrected chi connectivity index (χ3v) is 3.94. The summed E-state index contributed by atoms with van der Waals surface area (Å²) < 4.78 is 1.95. The summed E-state index contributed by atoms with van der Waals surface area (Å²) in [6.07, 6.45) is 3.63. The van der Waals surface area contributed by atoms with Gasteiger partial charge in [-0.1, -0.05) is 24.4 Å². The van der Waals surface area contributed by atoms with Gasteiger partial charge in [0.1, 0.15) is 0 Å². The van der Waals surface area contributed by atoms with Crippen molar-refractivity contribution < 1.29 is 5.11 Å². The van der Waals surface area contributed by atoms with Crippen molar-refractivity contribution in [3.05, 3.63) is 23.2 Å². The SMILES string of the molecule is Nc1nc2cc(Cl)ccc2n1C1CCCCC1O. The highest BCUT2D eigenvalue weighted by Crippen LogP contribution is 2.34. The number of benzene rings is 1. The normalized spacial score (nSPS) is 24.6. The second-order valence-electron chi connectivity index (χ2n) is 4.89. The molecule has 0 bridgehead atoms. The number of nitrogen functional groups attached to an aromatic ring is 1. The molecular weight excluding hydrogens is 250 g/mol. The van der Waals surface area contributed by atoms with Gasteiger partial charge in [-0.05, 0) is 31.0 Å². The molecule has 0 amide bonds. The van der Waals surface area contributed by atoms with Crippen LogP contribution in [0.4, 0.5) is 5.95 Å². The van der Waals surface area contributed by atoms with Crippen LogP contribution in [0.2, 0.25) is 5.02 Å². The Morgan fingerprint density at radius 1 is 1.33 bits per heavy atom. The van der Waals surface area contributed by atoms with E-state index in [-0.39, 0.29) is 12.1 Å². The second-order valence-corrected chi connectivity index (χ2v) is 5.33. The zero-order valence-corrected chi connectivity index (χ0v) is 10.8. The fourth-order valence-corrected chi connectivity index (χ4v) is 3.00. The van der Waals surface area contributed by atoms with E-state index < -0.39 is 0 Å². The molecule has 4 nitrogen and oxygen atoms in total. The van der Waals surface area contributed by atoms with Crippen molar-refractivity contribution in [1.29, 1.82) is 0 Å². The highest BCUT2D eigenvalue weighted by molar-refractivity contribution is 6.31. The Labute approximate surface area is 110 Å². The number of fused-ring (bicyclic) bond motifs is 1. The monoisotopic (exact) mass is 265 g/mol. The molecule has 1 aliphatic carbocycles. The molecule has 96 valence electrons. The first kappa shape index (κ1) is 11.8. The number of hydrogen-bond acceptors (Lipinski definition) is 3. The highest BCUT2D eigenvalue weighted by atomic mass is 35.5. The van der Waals surface area contributed by atoms with Crippen molar-refractivity contribution in [2.75, 3.05) is 5.73 Å². The molecule has 2 atom stereocenters. The molecule has 5 heteroatoms. The van der Waals surface area contributed by atoms with Crippen molar-refractivity contribution in [3.63, 3.8) is 0 Å². The van der Waals surface area contributed by atoms with Gasteiger partial charge in [0.25, 0.3) is 0 Å². The Morgan fingerprint density at radius 3 is 2.89 bits per heavy atom. The van der Waals surface area contributed by atoms with Crippen LogP contribution in [0.1, 0.15) is 31.7 Å². The summed E-state index contributed by atoms with van der Waals surface area (Å²) in [5, 5.41) is 10.8. The Hall–Kier alpha value is -1.26. The first-order valence-electron chi connectivity index (χ1n) is 6.28. The summed E-state index contributed by atoms with van der Waals surface area (Å²) in [7, 11) is 0. The summed E-state index contributed by atoms with van der Waals surface area (Å²) in [5.41, 5.74) is 7.73. The van der Waals surface area contributed by atoms with E-state index >= 15 is 0 Å². The van der Waals surface area contributed by atoms with Gasteiger partial charge in [-0.15, -0.1) is 0 Å². The van der Waals surface area contributed by atoms with Crippen LogP contribution in [0.5, 0.6) is 0 Å². The molecule has 0 aliphatic heterocycles. The molecular formula is C13H16ClN3O. The van der Waals surface area contributed by atoms with Crippen LogP contribution < -0.4 is 5.73 Å². The molecule has 3 rings (SSSR count). The molecule has 1 aromatic heterocycles. The number of rotatable bonds is 1. The summed E-state index contributed by atoms with van der Waals surface area (Å²) in [5.74, 6) is 0.457. The number of aliphatic hydroxyl groups excluding tert-OH is 1. The van der Waals surface area contributed by atoms with Crippen LogP contribution in [0.15, 0.2) is 18.2 Å². The van der Waals surface area contributed by atoms with Crippen molar-refractivity contribution in [1.82, 2.24) is 9.55 Å². The topological polar surface area (TPSA) is 64.1 Å². The van der Waals surface area contributed by atoms with Crippen LogP contribution in [-0.2, 0) is 0 Å². The molecule has 1 heterocycles. The first-order valence-corrected chi connectivity index (χ1v) is 6.65. The van der Waals surface area contributed by atoms with Gasteiger partial charge in [0.2, 0.25) is 5.95 Å². The van der Waals surface area contributed by atoms with E-state index in [0.717, 1.165) is 36.7 Å². The van der Waals surface area contributed by atoms with Crippen molar-refractivity contribution in [2.24, 2.45) is 0 Å². The fraction of sp³-hybridized carbons (Fsp3) is 0.462. The predicted octanol–water partition coefficient (Wildman–Crippen LogP) is 2.75. The lowest BCUT2D eigenvalue weighted by Crippen LogP contribution is -2.28. The molecule has 2 aromatic rings. The van der Waals surface area contributed by atoms with E-state index in [1.807, 2.05) is 16.7 Å². The number of anilines is 1. The van der Waals surface area contributed by atoms with Crippen LogP contribution in [0.3, 0.4) is 0 Å². The fourth-order valence-electron chi connectivity index (χ4n) is 2.83. The van der Waals surface area contributed by atoms with E-state index in [1.165, 1.54) is 0 Å². The van der Waals surface area contributed by atoms with Crippen molar-refractivity contribution in [3.8, 4) is 0 Å². The molecule has 0 radical (unpaired) electrons. The van der Waals surface area contributed by atoms with Crippen LogP contribution in [0, 0.1) is 0 Å². The van der Waals surface area contributed by atoms with E-state index in [0.29, 0.717) is 11.0 Å². The predicted molar refractivity (Wildman–Crippen MR) is 72.7 cm³/mol. The lowest BCUT2D eigenvalue weighted by molar-refractivity contribution is 0.0783. The Morgan fingerprint density at radius 2 is 2.11 bits per heavy atom. The summed E-state index contributed by atoms with van der Waals surface area (Å²) in [4.78, 5) is 4.33. The van der Waals surface area contributed by atoms with E-state index in [2.05, 4.69) is 4.98 Å². The molecule has 18 heavy (non-hydrogen) atoms. The Kier molecular flexibility index (Phi) is 2.92. The summed E-state index contributed by atoms with van der Waals surface area (Å²) >= 11 is 5.96. The molecule has 3 N–H and O–H groups in total. The maximum atomic E-state index is 10.1. The number of nitrogens with two attached hydrogens (primary N) is 1. The van der Waals surface area contributed by atoms with E-state index in [9.17, 15) is 5.11 Å². The van der Waals surface area contributed by atoms with Crippen molar-refractivity contribution >= 4 is 28.6 Å². The molecule has 1 aromatic carbocycles. The van der Waals surface area contributed by atoms with Gasteiger partial charge < -0.3 is 15.4 Å². The van der Waals surface area contributed by atoms with E-state index in [4.69, 9.17) is 17.3 Å². The second kappa shape index (κ2) is 4.44. The van der Waals surface area contributed by atoms with Gasteiger partial charge in [0, 0.05) is 5.02 Å². The number of aliphatic hydroxyl groups is 1. The van der Waals surface area contributed by atoms with Gasteiger partial charge in [0.15, 0.2) is 0 Å². The highest BCUT2D eigenvalue weighted by Gasteiger charge is 2.27. The minimum absolute atomic E-state index is 0.0323. The maximum absolute atomic E-state index is 10.1. The lowest BCUT2D eigenvalue weighted by atomic mass is 9.92. The van der Waals surface area contributed by atoms with Gasteiger partial charge in [0.05, 0.1) is 23.2 Å². The lowest BCUT2D eigenvalue weighted by Gasteiger charge is -2.29. The summed E-state index contributed by atoms with van der Waals surface area (Å²) in [6.45, 7) is 0. The molecule has 1 saturated carbocycles. The smallest absolute Gasteiger partial charge is 0.201 e. The number of nitrogens with zero attached hydrogens (tertiary/aromatic N) is 2. The zero-order valence-electron chi connectivity index (χ0n) is 10.0. The first-order chi connectivity index (χ1) is 8.66. The van der Waals surface area contributed by atoms with Crippen molar-refractivity contribution in [2.45, 2.75) is 37.8 Å². The van der Waals surface area contributed by atoms with E-state index in [1.54, 1.807) is 6.07 Å².